The highest BCUT2D eigenvalue weighted by Crippen LogP contribution is 2.35. The minimum atomic E-state index is -0.525. The number of fused-ring (bicyclic) bond motifs is 1. The highest BCUT2D eigenvalue weighted by atomic mass is 19.1. The summed E-state index contributed by atoms with van der Waals surface area (Å²) in [5.74, 6) is -1.41. The van der Waals surface area contributed by atoms with Gasteiger partial charge in [0.05, 0.1) is 17.7 Å². The molecule has 4 aromatic heterocycles. The molecule has 6 aromatic rings. The maximum atomic E-state index is 16.2. The van der Waals surface area contributed by atoms with E-state index in [0.717, 1.165) is 72.8 Å². The number of benzene rings is 2. The summed E-state index contributed by atoms with van der Waals surface area (Å²) in [7, 11) is 0. The molecule has 2 aliphatic heterocycles. The molecule has 2 fully saturated rings. The van der Waals surface area contributed by atoms with Gasteiger partial charge in [0.25, 0.3) is 11.7 Å². The molecule has 8 rings (SSSR count). The standard InChI is InChI=1S/C45H49FN10O4/c1-25-21-30(47-24-36(25)33-13-14-37(57)50-42(33)58)15-16-55-17-19-56(20-18-55)31-9-7-28(8-10-31)29-22-35-39(52-53-40(35)48-23-29)34-12-11-32(26(2)38(34)46)27(3)49-43(59)41-51-44(60-54-41)45(4,5)6/h7-12,21-24,27,33H,13-20H2,1-6H3,(H,49,59)(H,48,52,53)(H,50,57,58). The maximum absolute atomic E-state index is 16.2. The molecule has 2 aliphatic rings. The van der Waals surface area contributed by atoms with E-state index in [1.54, 1.807) is 32.2 Å². The normalized spacial score (nSPS) is 16.9. The zero-order chi connectivity index (χ0) is 42.3. The van der Waals surface area contributed by atoms with E-state index in [1.165, 1.54) is 0 Å². The second-order valence-electron chi connectivity index (χ2n) is 16.9. The van der Waals surface area contributed by atoms with Crippen LogP contribution in [-0.4, -0.2) is 85.7 Å². The number of imide groups is 1. The molecule has 60 heavy (non-hydrogen) atoms. The van der Waals surface area contributed by atoms with Crippen molar-refractivity contribution in [3.05, 3.63) is 106 Å². The number of nitrogens with one attached hydrogen (secondary N) is 3. The summed E-state index contributed by atoms with van der Waals surface area (Å²) < 4.78 is 21.4. The SMILES string of the molecule is Cc1cc(CCN2CCN(c3ccc(-c4cnc5n[nH]c(-c6ccc(C(C)NC(=O)c7noc(C(C)(C)C)n7)c(C)c6F)c5c4)cc3)CC2)ncc1C1CCC(=O)NC1=O. The van der Waals surface area contributed by atoms with E-state index in [0.29, 0.717) is 52.2 Å². The molecular weight excluding hydrogens is 764 g/mol. The number of halogens is 1. The number of aromatic nitrogens is 6. The summed E-state index contributed by atoms with van der Waals surface area (Å²) in [6, 6.07) is 15.5. The lowest BCUT2D eigenvalue weighted by Crippen LogP contribution is -2.47. The molecule has 310 valence electrons. The van der Waals surface area contributed by atoms with Gasteiger partial charge in [0, 0.05) is 91.3 Å². The highest BCUT2D eigenvalue weighted by molar-refractivity contribution is 6.01. The number of rotatable bonds is 10. The molecule has 2 atom stereocenters. The Labute approximate surface area is 347 Å². The van der Waals surface area contributed by atoms with Gasteiger partial charge in [-0.15, -0.1) is 0 Å². The number of anilines is 1. The highest BCUT2D eigenvalue weighted by Gasteiger charge is 2.30. The Morgan fingerprint density at radius 1 is 1.00 bits per heavy atom. The minimum absolute atomic E-state index is 0.0721. The second kappa shape index (κ2) is 16.4. The number of aryl methyl sites for hydroxylation is 1. The zero-order valence-electron chi connectivity index (χ0n) is 34.7. The molecule has 15 heteroatoms. The van der Waals surface area contributed by atoms with Gasteiger partial charge in [-0.25, -0.2) is 9.37 Å². The van der Waals surface area contributed by atoms with Crippen molar-refractivity contribution in [1.29, 1.82) is 0 Å². The fourth-order valence-corrected chi connectivity index (χ4v) is 8.07. The maximum Gasteiger partial charge on any atom is 0.293 e. The Bertz CT molecular complexity index is 2590. The molecule has 2 saturated heterocycles. The monoisotopic (exact) mass is 812 g/mol. The van der Waals surface area contributed by atoms with Gasteiger partial charge < -0.3 is 14.7 Å². The predicted molar refractivity (Wildman–Crippen MR) is 225 cm³/mol. The lowest BCUT2D eigenvalue weighted by Gasteiger charge is -2.36. The molecular formula is C45H49FN10O4. The van der Waals surface area contributed by atoms with Crippen LogP contribution in [0.2, 0.25) is 0 Å². The van der Waals surface area contributed by atoms with Crippen molar-refractivity contribution in [1.82, 2.24) is 45.8 Å². The number of carbonyl (C=O) groups excluding carboxylic acids is 3. The van der Waals surface area contributed by atoms with Crippen LogP contribution >= 0.6 is 0 Å². The first kappa shape index (κ1) is 40.4. The molecule has 0 radical (unpaired) electrons. The van der Waals surface area contributed by atoms with Crippen LogP contribution < -0.4 is 15.5 Å². The molecule has 3 N–H and O–H groups in total. The number of aromatic amines is 1. The van der Waals surface area contributed by atoms with E-state index in [1.807, 2.05) is 40.0 Å². The molecule has 6 heterocycles. The first-order valence-corrected chi connectivity index (χ1v) is 20.4. The first-order valence-electron chi connectivity index (χ1n) is 20.4. The van der Waals surface area contributed by atoms with Crippen molar-refractivity contribution in [2.45, 2.75) is 78.2 Å². The average molecular weight is 813 g/mol. The third-order valence-electron chi connectivity index (χ3n) is 11.6. The van der Waals surface area contributed by atoms with Crippen molar-refractivity contribution in [2.24, 2.45) is 0 Å². The van der Waals surface area contributed by atoms with Crippen LogP contribution in [0.4, 0.5) is 10.1 Å². The summed E-state index contributed by atoms with van der Waals surface area (Å²) in [4.78, 5) is 55.2. The predicted octanol–water partition coefficient (Wildman–Crippen LogP) is 6.50. The van der Waals surface area contributed by atoms with E-state index in [-0.39, 0.29) is 23.6 Å². The summed E-state index contributed by atoms with van der Waals surface area (Å²) in [5, 5.41) is 17.2. The molecule has 0 saturated carbocycles. The molecule has 14 nitrogen and oxygen atoms in total. The largest absolute Gasteiger partial charge is 0.369 e. The van der Waals surface area contributed by atoms with Gasteiger partial charge in [-0.1, -0.05) is 44.1 Å². The van der Waals surface area contributed by atoms with Crippen molar-refractivity contribution in [3.8, 4) is 22.4 Å². The number of hydrogen-bond acceptors (Lipinski definition) is 11. The summed E-state index contributed by atoms with van der Waals surface area (Å²) in [6.45, 7) is 15.8. The van der Waals surface area contributed by atoms with Crippen LogP contribution in [0.5, 0.6) is 0 Å². The third kappa shape index (κ3) is 8.26. The van der Waals surface area contributed by atoms with E-state index in [4.69, 9.17) is 4.52 Å². The second-order valence-corrected chi connectivity index (χ2v) is 16.9. The molecule has 3 amide bonds. The van der Waals surface area contributed by atoms with Crippen LogP contribution in [0.25, 0.3) is 33.4 Å². The Kier molecular flexibility index (Phi) is 11.0. The summed E-state index contributed by atoms with van der Waals surface area (Å²) >= 11 is 0. The van der Waals surface area contributed by atoms with Gasteiger partial charge in [0.1, 0.15) is 5.82 Å². The molecule has 2 aromatic carbocycles. The van der Waals surface area contributed by atoms with Crippen LogP contribution in [0.1, 0.15) is 97.0 Å². The topological polar surface area (TPSA) is 175 Å². The van der Waals surface area contributed by atoms with Gasteiger partial charge in [-0.05, 0) is 85.3 Å². The van der Waals surface area contributed by atoms with E-state index in [9.17, 15) is 14.4 Å². The number of H-pyrrole nitrogens is 1. The smallest absolute Gasteiger partial charge is 0.293 e. The van der Waals surface area contributed by atoms with Crippen molar-refractivity contribution >= 4 is 34.4 Å². The van der Waals surface area contributed by atoms with E-state index < -0.39 is 23.2 Å². The van der Waals surface area contributed by atoms with E-state index in [2.05, 4.69) is 81.1 Å². The minimum Gasteiger partial charge on any atom is -0.369 e. The van der Waals surface area contributed by atoms with Crippen LogP contribution in [-0.2, 0) is 21.4 Å². The Hall–Kier alpha value is -6.35. The van der Waals surface area contributed by atoms with Crippen LogP contribution in [0.15, 0.2) is 65.4 Å². The molecule has 0 bridgehead atoms. The zero-order valence-corrected chi connectivity index (χ0v) is 34.7. The van der Waals surface area contributed by atoms with Gasteiger partial charge in [0.15, 0.2) is 5.65 Å². The molecule has 0 spiro atoms. The van der Waals surface area contributed by atoms with Gasteiger partial charge in [-0.2, -0.15) is 10.1 Å². The lowest BCUT2D eigenvalue weighted by molar-refractivity contribution is -0.134. The van der Waals surface area contributed by atoms with Gasteiger partial charge in [-0.3, -0.25) is 34.7 Å². The third-order valence-corrected chi connectivity index (χ3v) is 11.6. The van der Waals surface area contributed by atoms with Crippen molar-refractivity contribution in [2.75, 3.05) is 37.6 Å². The van der Waals surface area contributed by atoms with E-state index >= 15 is 4.39 Å². The lowest BCUT2D eigenvalue weighted by atomic mass is 9.88. The number of piperidine rings is 1. The first-order chi connectivity index (χ1) is 28.7. The molecule has 0 aliphatic carbocycles. The number of nitrogens with zero attached hydrogens (tertiary/aromatic N) is 7. The van der Waals surface area contributed by atoms with Crippen LogP contribution in [0.3, 0.4) is 0 Å². The Morgan fingerprint density at radius 3 is 2.47 bits per heavy atom. The van der Waals surface area contributed by atoms with Gasteiger partial charge in [0.2, 0.25) is 17.7 Å². The van der Waals surface area contributed by atoms with Crippen molar-refractivity contribution in [3.63, 3.8) is 0 Å². The van der Waals surface area contributed by atoms with Crippen molar-refractivity contribution < 1.29 is 23.3 Å². The Balaban J connectivity index is 0.885. The number of carbonyl (C=O) groups is 3. The Morgan fingerprint density at radius 2 is 1.77 bits per heavy atom. The number of pyridine rings is 2. The summed E-state index contributed by atoms with van der Waals surface area (Å²) in [5.41, 5.74) is 7.93. The van der Waals surface area contributed by atoms with Gasteiger partial charge >= 0.3 is 0 Å². The average Bonchev–Trinajstić information content (AvgIpc) is 3.91. The fraction of sp³-hybridized carbons (Fsp3) is 0.378. The molecule has 2 unspecified atom stereocenters. The number of amides is 3. The van der Waals surface area contributed by atoms with Crippen LogP contribution in [0, 0.1) is 19.7 Å². The number of piperazine rings is 1. The fourth-order valence-electron chi connectivity index (χ4n) is 8.07. The quantitative estimate of drug-likeness (QED) is 0.129. The number of hydrogen-bond donors (Lipinski definition) is 3. The summed E-state index contributed by atoms with van der Waals surface area (Å²) in [6.07, 6.45) is 5.28.